The molecule has 1 amide bonds. The number of anilines is 1. The van der Waals surface area contributed by atoms with Crippen LogP contribution in [0.1, 0.15) is 12.0 Å². The molecule has 0 radical (unpaired) electrons. The van der Waals surface area contributed by atoms with Crippen molar-refractivity contribution in [2.45, 2.75) is 12.8 Å². The minimum Gasteiger partial charge on any atom is -0.497 e. The lowest BCUT2D eigenvalue weighted by Gasteiger charge is -2.35. The van der Waals surface area contributed by atoms with Crippen LogP contribution in [0.25, 0.3) is 0 Å². The van der Waals surface area contributed by atoms with E-state index in [2.05, 4.69) is 5.32 Å². The van der Waals surface area contributed by atoms with Gasteiger partial charge in [0.1, 0.15) is 5.75 Å². The number of fused-ring (bicyclic) bond motifs is 1. The number of methoxy groups -OCH3 is 1. The largest absolute Gasteiger partial charge is 0.497 e. The molecule has 1 aromatic rings. The van der Waals surface area contributed by atoms with Gasteiger partial charge in [0.05, 0.1) is 13.0 Å². The van der Waals surface area contributed by atoms with Crippen LogP contribution in [0.3, 0.4) is 0 Å². The fraction of sp³-hybridized carbons (Fsp3) is 0.500. The van der Waals surface area contributed by atoms with Crippen molar-refractivity contribution in [3.8, 4) is 5.75 Å². The Morgan fingerprint density at radius 1 is 1.44 bits per heavy atom. The second-order valence-electron chi connectivity index (χ2n) is 4.94. The molecule has 96 valence electrons. The van der Waals surface area contributed by atoms with Crippen molar-refractivity contribution in [3.63, 3.8) is 0 Å². The molecule has 1 fully saturated rings. The van der Waals surface area contributed by atoms with Crippen LogP contribution in [-0.2, 0) is 11.2 Å². The molecule has 2 aliphatic heterocycles. The summed E-state index contributed by atoms with van der Waals surface area (Å²) in [7, 11) is 1.67. The zero-order chi connectivity index (χ0) is 12.5. The number of aryl methyl sites for hydroxylation is 1. The number of hydrogen-bond donors (Lipinski definition) is 1. The van der Waals surface area contributed by atoms with Gasteiger partial charge in [-0.3, -0.25) is 4.79 Å². The Kier molecular flexibility index (Phi) is 2.96. The average molecular weight is 246 g/mol. The summed E-state index contributed by atoms with van der Waals surface area (Å²) in [6, 6.07) is 5.99. The van der Waals surface area contributed by atoms with Crippen molar-refractivity contribution in [2.24, 2.45) is 5.92 Å². The first-order valence-electron chi connectivity index (χ1n) is 6.48. The SMILES string of the molecule is COc1ccc2c(c1)CCCN2C(=O)C1CNC1. The zero-order valence-electron chi connectivity index (χ0n) is 10.6. The van der Waals surface area contributed by atoms with Crippen molar-refractivity contribution in [1.82, 2.24) is 5.32 Å². The van der Waals surface area contributed by atoms with E-state index in [9.17, 15) is 4.79 Å². The molecule has 2 aliphatic rings. The van der Waals surface area contributed by atoms with Gasteiger partial charge >= 0.3 is 0 Å². The lowest BCUT2D eigenvalue weighted by molar-refractivity contribution is -0.123. The van der Waals surface area contributed by atoms with E-state index in [1.807, 2.05) is 23.1 Å². The first-order valence-corrected chi connectivity index (χ1v) is 6.48. The number of hydrogen-bond acceptors (Lipinski definition) is 3. The molecule has 4 heteroatoms. The summed E-state index contributed by atoms with van der Waals surface area (Å²) in [5, 5.41) is 3.16. The first kappa shape index (κ1) is 11.5. The van der Waals surface area contributed by atoms with Gasteiger partial charge in [0.25, 0.3) is 0 Å². The highest BCUT2D eigenvalue weighted by atomic mass is 16.5. The standard InChI is InChI=1S/C14H18N2O2/c1-18-12-4-5-13-10(7-12)3-2-6-16(13)14(17)11-8-15-9-11/h4-5,7,11,15H,2-3,6,8-9H2,1H3. The van der Waals surface area contributed by atoms with E-state index >= 15 is 0 Å². The maximum atomic E-state index is 12.4. The Labute approximate surface area is 107 Å². The number of ether oxygens (including phenoxy) is 1. The van der Waals surface area contributed by atoms with Crippen LogP contribution >= 0.6 is 0 Å². The highest BCUT2D eigenvalue weighted by Crippen LogP contribution is 2.31. The van der Waals surface area contributed by atoms with Gasteiger partial charge in [0, 0.05) is 25.3 Å². The lowest BCUT2D eigenvalue weighted by Crippen LogP contribution is -2.53. The van der Waals surface area contributed by atoms with E-state index in [4.69, 9.17) is 4.74 Å². The highest BCUT2D eigenvalue weighted by molar-refractivity contribution is 5.97. The Balaban J connectivity index is 1.89. The van der Waals surface area contributed by atoms with Crippen LogP contribution in [0.4, 0.5) is 5.69 Å². The highest BCUT2D eigenvalue weighted by Gasteiger charge is 2.32. The average Bonchev–Trinajstić information content (AvgIpc) is 2.35. The summed E-state index contributed by atoms with van der Waals surface area (Å²) in [6.45, 7) is 2.48. The molecule has 0 bridgehead atoms. The Hall–Kier alpha value is -1.55. The molecule has 0 saturated carbocycles. The number of rotatable bonds is 2. The molecular weight excluding hydrogens is 228 g/mol. The van der Waals surface area contributed by atoms with Crippen molar-refractivity contribution in [1.29, 1.82) is 0 Å². The predicted octanol–water partition coefficient (Wildman–Crippen LogP) is 1.19. The summed E-state index contributed by atoms with van der Waals surface area (Å²) < 4.78 is 5.24. The molecule has 18 heavy (non-hydrogen) atoms. The molecule has 3 rings (SSSR count). The smallest absolute Gasteiger partial charge is 0.232 e. The summed E-state index contributed by atoms with van der Waals surface area (Å²) in [4.78, 5) is 14.3. The first-order chi connectivity index (χ1) is 8.79. The molecule has 1 aromatic carbocycles. The maximum absolute atomic E-state index is 12.4. The Morgan fingerprint density at radius 2 is 2.28 bits per heavy atom. The van der Waals surface area contributed by atoms with E-state index in [0.717, 1.165) is 43.9 Å². The Bertz CT molecular complexity index is 469. The minimum atomic E-state index is 0.165. The summed E-state index contributed by atoms with van der Waals surface area (Å²) in [6.07, 6.45) is 2.06. The second kappa shape index (κ2) is 4.61. The third kappa shape index (κ3) is 1.86. The number of benzene rings is 1. The quantitative estimate of drug-likeness (QED) is 0.852. The van der Waals surface area contributed by atoms with Crippen molar-refractivity contribution < 1.29 is 9.53 Å². The van der Waals surface area contributed by atoms with Crippen LogP contribution in [-0.4, -0.2) is 32.7 Å². The third-order valence-corrected chi connectivity index (χ3v) is 3.80. The molecular formula is C14H18N2O2. The van der Waals surface area contributed by atoms with Gasteiger partial charge < -0.3 is 15.0 Å². The fourth-order valence-electron chi connectivity index (χ4n) is 2.61. The van der Waals surface area contributed by atoms with Gasteiger partial charge in [-0.1, -0.05) is 0 Å². The molecule has 0 aromatic heterocycles. The summed E-state index contributed by atoms with van der Waals surface area (Å²) >= 11 is 0. The minimum absolute atomic E-state index is 0.165. The zero-order valence-corrected chi connectivity index (χ0v) is 10.6. The van der Waals surface area contributed by atoms with Crippen molar-refractivity contribution in [3.05, 3.63) is 23.8 Å². The molecule has 0 atom stereocenters. The van der Waals surface area contributed by atoms with Crippen LogP contribution in [0.15, 0.2) is 18.2 Å². The van der Waals surface area contributed by atoms with E-state index < -0.39 is 0 Å². The van der Waals surface area contributed by atoms with E-state index in [-0.39, 0.29) is 11.8 Å². The Morgan fingerprint density at radius 3 is 2.94 bits per heavy atom. The number of carbonyl (C=O) groups is 1. The second-order valence-corrected chi connectivity index (χ2v) is 4.94. The lowest BCUT2D eigenvalue weighted by atomic mass is 9.96. The molecule has 4 nitrogen and oxygen atoms in total. The fourth-order valence-corrected chi connectivity index (χ4v) is 2.61. The third-order valence-electron chi connectivity index (χ3n) is 3.80. The summed E-state index contributed by atoms with van der Waals surface area (Å²) in [5.74, 6) is 1.30. The van der Waals surface area contributed by atoms with Gasteiger partial charge in [-0.15, -0.1) is 0 Å². The molecule has 1 N–H and O–H groups in total. The molecule has 2 heterocycles. The van der Waals surface area contributed by atoms with Crippen LogP contribution < -0.4 is 15.0 Å². The van der Waals surface area contributed by atoms with Gasteiger partial charge in [0.15, 0.2) is 0 Å². The number of nitrogens with one attached hydrogen (secondary N) is 1. The number of amides is 1. The van der Waals surface area contributed by atoms with Crippen LogP contribution in [0.5, 0.6) is 5.75 Å². The van der Waals surface area contributed by atoms with Crippen LogP contribution in [0, 0.1) is 5.92 Å². The molecule has 1 saturated heterocycles. The van der Waals surface area contributed by atoms with Gasteiger partial charge in [-0.05, 0) is 36.6 Å². The maximum Gasteiger partial charge on any atom is 0.232 e. The van der Waals surface area contributed by atoms with Crippen molar-refractivity contribution in [2.75, 3.05) is 31.6 Å². The molecule has 0 spiro atoms. The van der Waals surface area contributed by atoms with E-state index in [0.29, 0.717) is 0 Å². The van der Waals surface area contributed by atoms with Gasteiger partial charge in [-0.2, -0.15) is 0 Å². The topological polar surface area (TPSA) is 41.6 Å². The van der Waals surface area contributed by atoms with E-state index in [1.165, 1.54) is 5.56 Å². The predicted molar refractivity (Wildman–Crippen MR) is 70.0 cm³/mol. The summed E-state index contributed by atoms with van der Waals surface area (Å²) in [5.41, 5.74) is 2.29. The van der Waals surface area contributed by atoms with Gasteiger partial charge in [0.2, 0.25) is 5.91 Å². The van der Waals surface area contributed by atoms with Crippen molar-refractivity contribution >= 4 is 11.6 Å². The normalized spacial score (nSPS) is 19.1. The van der Waals surface area contributed by atoms with E-state index in [1.54, 1.807) is 7.11 Å². The number of carbonyl (C=O) groups excluding carboxylic acids is 1. The van der Waals surface area contributed by atoms with Crippen LogP contribution in [0.2, 0.25) is 0 Å². The molecule has 0 aliphatic carbocycles. The molecule has 0 unspecified atom stereocenters. The number of nitrogens with zero attached hydrogens (tertiary/aromatic N) is 1. The van der Waals surface area contributed by atoms with Gasteiger partial charge in [-0.25, -0.2) is 0 Å². The monoisotopic (exact) mass is 246 g/mol.